The Morgan fingerprint density at radius 1 is 0.750 bits per heavy atom. The van der Waals surface area contributed by atoms with Gasteiger partial charge in [0.05, 0.1) is 0 Å². The van der Waals surface area contributed by atoms with Crippen LogP contribution >= 0.6 is 0 Å². The predicted octanol–water partition coefficient (Wildman–Crippen LogP) is -0.00980. The Bertz CT molecular complexity index is 6.00. The molecule has 4 heavy (non-hydrogen) atoms. The summed E-state index contributed by atoms with van der Waals surface area (Å²) >= 11 is 0. The minimum absolute atomic E-state index is 0. The van der Waals surface area contributed by atoms with Crippen LogP contribution < -0.4 is 0 Å². The summed E-state index contributed by atoms with van der Waals surface area (Å²) in [7, 11) is 0. The molecule has 0 aromatic heterocycles. The van der Waals surface area contributed by atoms with Crippen molar-refractivity contribution >= 4 is 27.0 Å². The molecule has 0 nitrogen and oxygen atoms in total. The van der Waals surface area contributed by atoms with Crippen LogP contribution in [0.3, 0.4) is 0 Å². The van der Waals surface area contributed by atoms with E-state index in [1.54, 1.807) is 0 Å². The molecule has 0 atom stereocenters. The van der Waals surface area contributed by atoms with Crippen LogP contribution in [0.5, 0.6) is 0 Å². The zero-order chi connectivity index (χ0) is 0. The summed E-state index contributed by atoms with van der Waals surface area (Å²) in [6.45, 7) is 0. The molecule has 0 aliphatic carbocycles. The minimum atomic E-state index is 0. The Morgan fingerprint density at radius 2 is 0.750 bits per heavy atom. The van der Waals surface area contributed by atoms with Gasteiger partial charge in [0.1, 0.15) is 0 Å². The molecule has 0 unspecified atom stereocenters. The minimum Gasteiger partial charge on any atom is -2.00 e. The normalized spacial score (nSPS) is 0. The molecule has 0 N–H and O–H groups in total. The van der Waals surface area contributed by atoms with Crippen LogP contribution in [-0.4, -0.2) is 0 Å². The summed E-state index contributed by atoms with van der Waals surface area (Å²) in [5.41, 5.74) is 0. The van der Waals surface area contributed by atoms with Crippen molar-refractivity contribution in [3.63, 3.8) is 0 Å². The Kier molecular flexibility index (Phi) is 206. The van der Waals surface area contributed by atoms with Crippen molar-refractivity contribution in [3.8, 4) is 0 Å². The van der Waals surface area contributed by atoms with Gasteiger partial charge in [0.2, 0.25) is 0 Å². The monoisotopic (exact) mass is 220 g/mol. The first-order valence-electron chi connectivity index (χ1n) is 0. The van der Waals surface area contributed by atoms with E-state index in [0.29, 0.717) is 0 Å². The molecule has 0 heterocycles. The maximum Gasteiger partial charge on any atom is 4.00 e. The van der Waals surface area contributed by atoms with Gasteiger partial charge in [-0.2, -0.15) is 0 Å². The molecular weight excluding hydrogens is 219 g/mol. The van der Waals surface area contributed by atoms with Gasteiger partial charge in [0.15, 0.2) is 0 Å². The number of hydrogen-bond acceptors (Lipinski definition) is 0. The molecular formula is MoNiS2. The van der Waals surface area contributed by atoms with Gasteiger partial charge in [0.25, 0.3) is 0 Å². The molecule has 0 aromatic rings. The van der Waals surface area contributed by atoms with Crippen molar-refractivity contribution in [1.29, 1.82) is 0 Å². The van der Waals surface area contributed by atoms with E-state index in [-0.39, 0.29) is 64.5 Å². The third kappa shape index (κ3) is 9.10. The second-order valence-corrected chi connectivity index (χ2v) is 0. The maximum absolute atomic E-state index is 0. The summed E-state index contributed by atoms with van der Waals surface area (Å²) in [6.07, 6.45) is 0. The van der Waals surface area contributed by atoms with E-state index in [0.717, 1.165) is 0 Å². The summed E-state index contributed by atoms with van der Waals surface area (Å²) in [5, 5.41) is 0. The van der Waals surface area contributed by atoms with Crippen molar-refractivity contribution in [1.82, 2.24) is 0 Å². The van der Waals surface area contributed by atoms with Gasteiger partial charge < -0.3 is 27.0 Å². The fraction of sp³-hybridized carbons (Fsp3) is 0. The molecule has 4 heteroatoms. The molecule has 0 aromatic carbocycles. The molecule has 0 aliphatic rings. The Morgan fingerprint density at radius 3 is 0.750 bits per heavy atom. The summed E-state index contributed by atoms with van der Waals surface area (Å²) in [6, 6.07) is 0. The van der Waals surface area contributed by atoms with Gasteiger partial charge in [-0.15, -0.1) is 0 Å². The van der Waals surface area contributed by atoms with E-state index >= 15 is 0 Å². The average Bonchev–Trinajstić information content (AvgIpc) is 0. The Hall–Kier alpha value is 1.88. The molecule has 0 saturated carbocycles. The van der Waals surface area contributed by atoms with Gasteiger partial charge in [0, 0.05) is 16.5 Å². The van der Waals surface area contributed by atoms with E-state index in [9.17, 15) is 0 Å². The molecule has 0 radical (unpaired) electrons. The fourth-order valence-corrected chi connectivity index (χ4v) is 0. The van der Waals surface area contributed by atoms with Crippen molar-refractivity contribution in [3.05, 3.63) is 0 Å². The Labute approximate surface area is 64.2 Å². The molecule has 0 amide bonds. The first kappa shape index (κ1) is 39.6. The second-order valence-electron chi connectivity index (χ2n) is 0. The number of rotatable bonds is 0. The first-order chi connectivity index (χ1) is 0. The summed E-state index contributed by atoms with van der Waals surface area (Å²) in [4.78, 5) is 0. The van der Waals surface area contributed by atoms with Crippen molar-refractivity contribution in [2.24, 2.45) is 0 Å². The summed E-state index contributed by atoms with van der Waals surface area (Å²) in [5.74, 6) is 0. The van der Waals surface area contributed by atoms with Crippen LogP contribution in [0.25, 0.3) is 0 Å². The van der Waals surface area contributed by atoms with Crippen molar-refractivity contribution < 1.29 is 37.6 Å². The van der Waals surface area contributed by atoms with Gasteiger partial charge in [-0.1, -0.05) is 0 Å². The SMILES string of the molecule is [Mo+4].[Ni].[S-2].[S-2]. The van der Waals surface area contributed by atoms with Crippen molar-refractivity contribution in [2.45, 2.75) is 0 Å². The standard InChI is InChI=1S/Mo.Ni.2S/q+4;;2*-2. The van der Waals surface area contributed by atoms with E-state index in [1.165, 1.54) is 0 Å². The van der Waals surface area contributed by atoms with Crippen LogP contribution in [0.1, 0.15) is 0 Å². The van der Waals surface area contributed by atoms with Crippen LogP contribution in [0.15, 0.2) is 0 Å². The van der Waals surface area contributed by atoms with E-state index < -0.39 is 0 Å². The second kappa shape index (κ2) is 20.8. The van der Waals surface area contributed by atoms with E-state index in [2.05, 4.69) is 0 Å². The average molecular weight is 219 g/mol. The molecule has 0 aliphatic heterocycles. The van der Waals surface area contributed by atoms with Crippen LogP contribution in [0, 0.1) is 0 Å². The third-order valence-corrected chi connectivity index (χ3v) is 0. The molecule has 0 fully saturated rings. The Balaban J connectivity index is 0. The zero-order valence-electron chi connectivity index (χ0n) is 1.54. The maximum atomic E-state index is 0. The van der Waals surface area contributed by atoms with E-state index in [4.69, 9.17) is 0 Å². The molecule has 0 spiro atoms. The topological polar surface area (TPSA) is 0 Å². The smallest absolute Gasteiger partial charge is 2.00 e. The van der Waals surface area contributed by atoms with Gasteiger partial charge in [-0.3, -0.25) is 0 Å². The zero-order valence-corrected chi connectivity index (χ0v) is 6.17. The fourth-order valence-electron chi connectivity index (χ4n) is 0. The molecule has 0 bridgehead atoms. The third-order valence-electron chi connectivity index (χ3n) is 0. The quantitative estimate of drug-likeness (QED) is 0.502. The van der Waals surface area contributed by atoms with Crippen LogP contribution in [-0.2, 0) is 64.5 Å². The first-order valence-corrected chi connectivity index (χ1v) is 0. The van der Waals surface area contributed by atoms with Crippen LogP contribution in [0.2, 0.25) is 0 Å². The molecule has 0 saturated heterocycles. The predicted molar refractivity (Wildman–Crippen MR) is 14.7 cm³/mol. The van der Waals surface area contributed by atoms with Crippen LogP contribution in [0.4, 0.5) is 0 Å². The van der Waals surface area contributed by atoms with E-state index in [1.807, 2.05) is 0 Å². The molecule has 28 valence electrons. The largest absolute Gasteiger partial charge is 4.00 e. The summed E-state index contributed by atoms with van der Waals surface area (Å²) < 4.78 is 0. The molecule has 0 rings (SSSR count). The van der Waals surface area contributed by atoms with Gasteiger partial charge in [-0.25, -0.2) is 0 Å². The van der Waals surface area contributed by atoms with Gasteiger partial charge in [-0.05, 0) is 0 Å². The van der Waals surface area contributed by atoms with Crippen molar-refractivity contribution in [2.75, 3.05) is 0 Å². The van der Waals surface area contributed by atoms with Gasteiger partial charge >= 0.3 is 21.1 Å². The number of hydrogen-bond donors (Lipinski definition) is 0.